The molecular formula is C19H17Cl2F3NO4+. The number of nitrogens with one attached hydrogen (secondary N) is 1. The third kappa shape index (κ3) is 5.13. The van der Waals surface area contributed by atoms with Gasteiger partial charge < -0.3 is 14.9 Å². The minimum atomic E-state index is -4.96. The van der Waals surface area contributed by atoms with Crippen molar-refractivity contribution in [2.75, 3.05) is 0 Å². The van der Waals surface area contributed by atoms with E-state index in [1.54, 1.807) is 6.92 Å². The van der Waals surface area contributed by atoms with Gasteiger partial charge in [-0.2, -0.15) is 13.2 Å². The first-order valence-electron chi connectivity index (χ1n) is 8.35. The molecule has 1 unspecified atom stereocenters. The number of carboxylic acid groups (broad SMARTS) is 1. The van der Waals surface area contributed by atoms with Crippen LogP contribution in [0.4, 0.5) is 13.2 Å². The lowest BCUT2D eigenvalue weighted by Gasteiger charge is -2.20. The van der Waals surface area contributed by atoms with Gasteiger partial charge in [-0.3, -0.25) is 5.41 Å². The van der Waals surface area contributed by atoms with Gasteiger partial charge in [0.2, 0.25) is 6.10 Å². The highest BCUT2D eigenvalue weighted by Crippen LogP contribution is 2.42. The van der Waals surface area contributed by atoms with E-state index >= 15 is 0 Å². The highest BCUT2D eigenvalue weighted by atomic mass is 35.5. The van der Waals surface area contributed by atoms with Gasteiger partial charge in [-0.05, 0) is 24.6 Å². The standard InChI is InChI=1S/C19H16Cl2F3NO4/c1-2-3-11-14(26)12(17(25)19(22,23)24)8-13(21)16(11)29-15(18(27)28)9-4-6-10(20)7-5-9/h4-8,15,25-26H,2-3H2,1H3,(H,27,28)/p+1. The topological polar surface area (TPSA) is 93.3 Å². The fourth-order valence-electron chi connectivity index (χ4n) is 2.67. The van der Waals surface area contributed by atoms with Crippen LogP contribution in [0.25, 0.3) is 0 Å². The zero-order chi connectivity index (χ0) is 21.9. The van der Waals surface area contributed by atoms with E-state index in [0.29, 0.717) is 11.4 Å². The molecule has 156 valence electrons. The van der Waals surface area contributed by atoms with Gasteiger partial charge in [0, 0.05) is 10.6 Å². The first-order valence-corrected chi connectivity index (χ1v) is 9.11. The molecular weight excluding hydrogens is 434 g/mol. The second-order valence-electron chi connectivity index (χ2n) is 6.10. The Morgan fingerprint density at radius 3 is 2.34 bits per heavy atom. The van der Waals surface area contributed by atoms with Crippen molar-refractivity contribution in [2.24, 2.45) is 0 Å². The van der Waals surface area contributed by atoms with Gasteiger partial charge in [-0.25, -0.2) is 4.79 Å². The number of hydrogen-bond acceptors (Lipinski definition) is 3. The fraction of sp³-hybridized carbons (Fsp3) is 0.263. The number of halogens is 5. The molecule has 0 spiro atoms. The maximum Gasteiger partial charge on any atom is 0.433 e. The summed E-state index contributed by atoms with van der Waals surface area (Å²) in [4.78, 5) is 11.7. The zero-order valence-corrected chi connectivity index (χ0v) is 16.5. The van der Waals surface area contributed by atoms with Crippen LogP contribution in [0.3, 0.4) is 0 Å². The van der Waals surface area contributed by atoms with Gasteiger partial charge in [-0.1, -0.05) is 48.7 Å². The first kappa shape index (κ1) is 22.8. The smallest absolute Gasteiger partial charge is 0.433 e. The average molecular weight is 451 g/mol. The summed E-state index contributed by atoms with van der Waals surface area (Å²) >= 11 is 11.9. The minimum Gasteiger partial charge on any atom is -0.593 e. The average Bonchev–Trinajstić information content (AvgIpc) is 2.63. The van der Waals surface area contributed by atoms with Crippen molar-refractivity contribution in [3.63, 3.8) is 0 Å². The van der Waals surface area contributed by atoms with E-state index in [-0.39, 0.29) is 28.3 Å². The summed E-state index contributed by atoms with van der Waals surface area (Å²) in [7, 11) is 0. The maximum atomic E-state index is 13.0. The fourth-order valence-corrected chi connectivity index (χ4v) is 3.06. The van der Waals surface area contributed by atoms with Crippen molar-refractivity contribution in [2.45, 2.75) is 32.0 Å². The molecule has 0 radical (unpaired) electrons. The van der Waals surface area contributed by atoms with Gasteiger partial charge in [-0.15, -0.1) is 0 Å². The van der Waals surface area contributed by atoms with Crippen molar-refractivity contribution < 1.29 is 32.9 Å². The van der Waals surface area contributed by atoms with Crippen LogP contribution in [-0.4, -0.2) is 28.1 Å². The monoisotopic (exact) mass is 450 g/mol. The van der Waals surface area contributed by atoms with Crippen molar-refractivity contribution in [3.8, 4) is 11.5 Å². The minimum absolute atomic E-state index is 0.00390. The number of rotatable bonds is 7. The molecule has 0 saturated carbocycles. The summed E-state index contributed by atoms with van der Waals surface area (Å²) in [5.74, 6) is -2.13. The Kier molecular flexibility index (Phi) is 7.02. The molecule has 2 aromatic carbocycles. The molecule has 4 N–H and O–H groups in total. The highest BCUT2D eigenvalue weighted by Gasteiger charge is 2.40. The Balaban J connectivity index is 2.58. The summed E-state index contributed by atoms with van der Waals surface area (Å²) in [6.45, 7) is 1.73. The Labute approximate surface area is 174 Å². The third-order valence-corrected chi connectivity index (χ3v) is 4.55. The van der Waals surface area contributed by atoms with E-state index in [1.165, 1.54) is 24.3 Å². The number of hydrogen-bond donors (Lipinski definition) is 2. The number of aliphatic carboxylic acids is 1. The largest absolute Gasteiger partial charge is 0.593 e. The van der Waals surface area contributed by atoms with Gasteiger partial charge in [0.15, 0.2) is 11.5 Å². The zero-order valence-electron chi connectivity index (χ0n) is 15.0. The Hall–Kier alpha value is -2.45. The summed E-state index contributed by atoms with van der Waals surface area (Å²) in [6, 6.07) is 6.60. The van der Waals surface area contributed by atoms with Gasteiger partial charge >= 0.3 is 12.1 Å². The lowest BCUT2D eigenvalue weighted by molar-refractivity contribution is -0.145. The van der Waals surface area contributed by atoms with Crippen LogP contribution >= 0.6 is 23.2 Å². The second kappa shape index (κ2) is 8.92. The van der Waals surface area contributed by atoms with Crippen LogP contribution in [0, 0.1) is 5.41 Å². The van der Waals surface area contributed by atoms with Crippen LogP contribution in [-0.2, 0) is 11.2 Å². The molecule has 0 aliphatic rings. The number of alkyl halides is 3. The van der Waals surface area contributed by atoms with Crippen LogP contribution in [0.15, 0.2) is 30.3 Å². The lowest BCUT2D eigenvalue weighted by Crippen LogP contribution is -2.24. The van der Waals surface area contributed by atoms with E-state index in [0.717, 1.165) is 6.07 Å². The predicted octanol–water partition coefficient (Wildman–Crippen LogP) is 5.52. The van der Waals surface area contributed by atoms with Crippen molar-refractivity contribution in [3.05, 3.63) is 57.1 Å². The quantitative estimate of drug-likeness (QED) is 0.429. The molecule has 2 aromatic rings. The molecule has 0 saturated heterocycles. The SMILES string of the molecule is CCCc1c([OH2+])c(C(=N)C(F)(F)F)cc(Cl)c1OC(C(=O)O)c1ccc(Cl)cc1. The molecule has 0 amide bonds. The van der Waals surface area contributed by atoms with E-state index < -0.39 is 35.3 Å². The molecule has 10 heteroatoms. The van der Waals surface area contributed by atoms with Crippen molar-refractivity contribution in [1.82, 2.24) is 0 Å². The molecule has 2 rings (SSSR count). The Morgan fingerprint density at radius 1 is 1.28 bits per heavy atom. The van der Waals surface area contributed by atoms with Crippen molar-refractivity contribution >= 4 is 34.9 Å². The second-order valence-corrected chi connectivity index (χ2v) is 6.94. The van der Waals surface area contributed by atoms with E-state index in [9.17, 15) is 23.1 Å². The van der Waals surface area contributed by atoms with E-state index in [1.807, 2.05) is 0 Å². The maximum absolute atomic E-state index is 13.0. The number of carbonyl (C=O) groups is 1. The number of carboxylic acids is 1. The molecule has 29 heavy (non-hydrogen) atoms. The Morgan fingerprint density at radius 2 is 1.86 bits per heavy atom. The van der Waals surface area contributed by atoms with Crippen molar-refractivity contribution in [1.29, 1.82) is 5.41 Å². The number of benzene rings is 2. The molecule has 0 bridgehead atoms. The van der Waals surface area contributed by atoms with E-state index in [2.05, 4.69) is 0 Å². The summed E-state index contributed by atoms with van der Waals surface area (Å²) in [5, 5.41) is 25.1. The molecule has 0 aliphatic carbocycles. The molecule has 0 fully saturated rings. The molecule has 1 atom stereocenters. The third-order valence-electron chi connectivity index (χ3n) is 4.02. The van der Waals surface area contributed by atoms with Gasteiger partial charge in [0.05, 0.1) is 10.6 Å². The van der Waals surface area contributed by atoms with Gasteiger partial charge in [0.25, 0.3) is 5.75 Å². The Bertz CT molecular complexity index is 931. The number of ether oxygens (including phenoxy) is 1. The first-order chi connectivity index (χ1) is 13.5. The summed E-state index contributed by atoms with van der Waals surface area (Å²) in [5.41, 5.74) is -2.17. The molecule has 5 nitrogen and oxygen atoms in total. The molecule has 0 aromatic heterocycles. The van der Waals surface area contributed by atoms with Crippen LogP contribution in [0.2, 0.25) is 10.0 Å². The molecule has 0 heterocycles. The van der Waals surface area contributed by atoms with E-state index in [4.69, 9.17) is 38.5 Å². The normalized spacial score (nSPS) is 12.5. The van der Waals surface area contributed by atoms with Crippen LogP contribution in [0.1, 0.15) is 36.1 Å². The molecule has 0 aliphatic heterocycles. The van der Waals surface area contributed by atoms with Crippen LogP contribution < -0.4 is 4.74 Å². The highest BCUT2D eigenvalue weighted by molar-refractivity contribution is 6.33. The van der Waals surface area contributed by atoms with Crippen LogP contribution in [0.5, 0.6) is 11.5 Å². The summed E-state index contributed by atoms with van der Waals surface area (Å²) < 4.78 is 44.5. The predicted molar refractivity (Wildman–Crippen MR) is 104 cm³/mol. The van der Waals surface area contributed by atoms with Gasteiger partial charge in [0.1, 0.15) is 5.56 Å². The lowest BCUT2D eigenvalue weighted by atomic mass is 9.99. The summed E-state index contributed by atoms with van der Waals surface area (Å²) in [6.07, 6.45) is -5.94.